The molecule has 1 fully saturated rings. The van der Waals surface area contributed by atoms with Crippen molar-refractivity contribution in [3.8, 4) is 5.75 Å². The topological polar surface area (TPSA) is 61.9 Å². The molecule has 0 bridgehead atoms. The summed E-state index contributed by atoms with van der Waals surface area (Å²) >= 11 is 0. The Balaban J connectivity index is 1.81. The summed E-state index contributed by atoms with van der Waals surface area (Å²) in [5.41, 5.74) is 1.60. The van der Waals surface area contributed by atoms with Gasteiger partial charge in [0.05, 0.1) is 12.8 Å². The first kappa shape index (κ1) is 19.8. The molecule has 0 atom stereocenters. The van der Waals surface area contributed by atoms with Gasteiger partial charge in [-0.05, 0) is 55.9 Å². The SMILES string of the molecule is COc1ccc(C(=O)N2CCN(C)CC2)cc1NC(=O)c1ccc(F)c(C)c1. The summed E-state index contributed by atoms with van der Waals surface area (Å²) < 4.78 is 18.8. The molecule has 1 saturated heterocycles. The van der Waals surface area contributed by atoms with Gasteiger partial charge in [-0.2, -0.15) is 0 Å². The lowest BCUT2D eigenvalue weighted by Gasteiger charge is -2.32. The highest BCUT2D eigenvalue weighted by Crippen LogP contribution is 2.27. The molecule has 2 aromatic rings. The number of aryl methyl sites for hydroxylation is 1. The zero-order chi connectivity index (χ0) is 20.3. The Morgan fingerprint density at radius 1 is 1.04 bits per heavy atom. The zero-order valence-electron chi connectivity index (χ0n) is 16.3. The number of carbonyl (C=O) groups is 2. The van der Waals surface area contributed by atoms with Crippen molar-refractivity contribution in [3.05, 3.63) is 58.9 Å². The number of amides is 2. The molecule has 3 rings (SSSR count). The average molecular weight is 385 g/mol. The van der Waals surface area contributed by atoms with E-state index in [1.165, 1.54) is 25.3 Å². The molecule has 148 valence electrons. The Kier molecular flexibility index (Phi) is 5.94. The smallest absolute Gasteiger partial charge is 0.255 e. The third kappa shape index (κ3) is 4.31. The van der Waals surface area contributed by atoms with Crippen molar-refractivity contribution >= 4 is 17.5 Å². The summed E-state index contributed by atoms with van der Waals surface area (Å²) in [4.78, 5) is 29.4. The van der Waals surface area contributed by atoms with E-state index in [-0.39, 0.29) is 11.7 Å². The summed E-state index contributed by atoms with van der Waals surface area (Å²) in [5, 5.41) is 2.76. The molecule has 2 amide bonds. The summed E-state index contributed by atoms with van der Waals surface area (Å²) in [6.45, 7) is 4.59. The van der Waals surface area contributed by atoms with Crippen LogP contribution in [0.2, 0.25) is 0 Å². The van der Waals surface area contributed by atoms with E-state index in [1.807, 2.05) is 7.05 Å². The van der Waals surface area contributed by atoms with Crippen LogP contribution in [0.3, 0.4) is 0 Å². The fourth-order valence-corrected chi connectivity index (χ4v) is 3.11. The maximum absolute atomic E-state index is 13.5. The van der Waals surface area contributed by atoms with Crippen LogP contribution in [0.4, 0.5) is 10.1 Å². The molecule has 1 aliphatic rings. The third-order valence-corrected chi connectivity index (χ3v) is 4.91. The molecule has 0 radical (unpaired) electrons. The van der Waals surface area contributed by atoms with Crippen LogP contribution in [0.25, 0.3) is 0 Å². The van der Waals surface area contributed by atoms with E-state index in [0.29, 0.717) is 41.2 Å². The van der Waals surface area contributed by atoms with Crippen LogP contribution in [0, 0.1) is 12.7 Å². The largest absolute Gasteiger partial charge is 0.495 e. The fraction of sp³-hybridized carbons (Fsp3) is 0.333. The minimum Gasteiger partial charge on any atom is -0.495 e. The number of piperazine rings is 1. The number of hydrogen-bond donors (Lipinski definition) is 1. The highest BCUT2D eigenvalue weighted by Gasteiger charge is 2.22. The van der Waals surface area contributed by atoms with Crippen LogP contribution in [0.1, 0.15) is 26.3 Å². The highest BCUT2D eigenvalue weighted by molar-refractivity contribution is 6.06. The Bertz CT molecular complexity index is 892. The van der Waals surface area contributed by atoms with Gasteiger partial charge in [0.2, 0.25) is 0 Å². The van der Waals surface area contributed by atoms with Gasteiger partial charge in [0.25, 0.3) is 11.8 Å². The molecule has 0 aromatic heterocycles. The average Bonchev–Trinajstić information content (AvgIpc) is 2.70. The van der Waals surface area contributed by atoms with E-state index in [2.05, 4.69) is 10.2 Å². The first-order chi connectivity index (χ1) is 13.4. The van der Waals surface area contributed by atoms with Gasteiger partial charge in [0.1, 0.15) is 11.6 Å². The lowest BCUT2D eigenvalue weighted by Crippen LogP contribution is -2.47. The normalized spacial score (nSPS) is 14.6. The summed E-state index contributed by atoms with van der Waals surface area (Å²) in [7, 11) is 3.52. The van der Waals surface area contributed by atoms with Gasteiger partial charge in [-0.1, -0.05) is 0 Å². The number of hydrogen-bond acceptors (Lipinski definition) is 4. The van der Waals surface area contributed by atoms with Crippen molar-refractivity contribution in [3.63, 3.8) is 0 Å². The third-order valence-electron chi connectivity index (χ3n) is 4.91. The monoisotopic (exact) mass is 385 g/mol. The van der Waals surface area contributed by atoms with Crippen molar-refractivity contribution in [1.82, 2.24) is 9.80 Å². The Morgan fingerprint density at radius 3 is 2.36 bits per heavy atom. The van der Waals surface area contributed by atoms with Crippen LogP contribution >= 0.6 is 0 Å². The molecule has 1 aliphatic heterocycles. The minimum absolute atomic E-state index is 0.0797. The van der Waals surface area contributed by atoms with Crippen molar-refractivity contribution < 1.29 is 18.7 Å². The van der Waals surface area contributed by atoms with Gasteiger partial charge < -0.3 is 19.9 Å². The van der Waals surface area contributed by atoms with Gasteiger partial charge in [-0.25, -0.2) is 4.39 Å². The molecular weight excluding hydrogens is 361 g/mol. The van der Waals surface area contributed by atoms with E-state index < -0.39 is 5.91 Å². The van der Waals surface area contributed by atoms with Crippen molar-refractivity contribution in [2.24, 2.45) is 0 Å². The van der Waals surface area contributed by atoms with Gasteiger partial charge in [-0.3, -0.25) is 9.59 Å². The van der Waals surface area contributed by atoms with Gasteiger partial charge in [-0.15, -0.1) is 0 Å². The number of nitrogens with zero attached hydrogens (tertiary/aromatic N) is 2. The second-order valence-electron chi connectivity index (χ2n) is 6.93. The van der Waals surface area contributed by atoms with E-state index in [9.17, 15) is 14.0 Å². The van der Waals surface area contributed by atoms with Gasteiger partial charge in [0, 0.05) is 37.3 Å². The molecule has 0 spiro atoms. The van der Waals surface area contributed by atoms with E-state index in [4.69, 9.17) is 4.74 Å². The standard InChI is InChI=1S/C21H24FN3O3/c1-14-12-15(4-6-17(14)22)20(26)23-18-13-16(5-7-19(18)28-3)21(27)25-10-8-24(2)9-11-25/h4-7,12-13H,8-11H2,1-3H3,(H,23,26). The molecule has 6 nitrogen and oxygen atoms in total. The number of likely N-dealkylation sites (N-methyl/N-ethyl adjacent to an activating group) is 1. The fourth-order valence-electron chi connectivity index (χ4n) is 3.11. The first-order valence-corrected chi connectivity index (χ1v) is 9.12. The van der Waals surface area contributed by atoms with Crippen LogP contribution in [-0.2, 0) is 0 Å². The molecule has 0 aliphatic carbocycles. The lowest BCUT2D eigenvalue weighted by atomic mass is 10.1. The number of anilines is 1. The molecular formula is C21H24FN3O3. The second kappa shape index (κ2) is 8.39. The number of nitrogens with one attached hydrogen (secondary N) is 1. The predicted octanol–water partition coefficient (Wildman–Crippen LogP) is 2.78. The molecule has 0 saturated carbocycles. The summed E-state index contributed by atoms with van der Waals surface area (Å²) in [6, 6.07) is 9.13. The first-order valence-electron chi connectivity index (χ1n) is 9.12. The van der Waals surface area contributed by atoms with Crippen molar-refractivity contribution in [2.75, 3.05) is 45.7 Å². The van der Waals surface area contributed by atoms with Gasteiger partial charge in [0.15, 0.2) is 0 Å². The van der Waals surface area contributed by atoms with E-state index in [0.717, 1.165) is 13.1 Å². The van der Waals surface area contributed by atoms with Crippen molar-refractivity contribution in [2.45, 2.75) is 6.92 Å². The second-order valence-corrected chi connectivity index (χ2v) is 6.93. The van der Waals surface area contributed by atoms with Crippen molar-refractivity contribution in [1.29, 1.82) is 0 Å². The quantitative estimate of drug-likeness (QED) is 0.879. The summed E-state index contributed by atoms with van der Waals surface area (Å²) in [5.74, 6) is -0.398. The molecule has 1 N–H and O–H groups in total. The number of rotatable bonds is 4. The molecule has 28 heavy (non-hydrogen) atoms. The minimum atomic E-state index is -0.398. The molecule has 7 heteroatoms. The van der Waals surface area contributed by atoms with E-state index >= 15 is 0 Å². The number of benzene rings is 2. The van der Waals surface area contributed by atoms with Crippen LogP contribution in [0.5, 0.6) is 5.75 Å². The molecule has 2 aromatic carbocycles. The Labute approximate surface area is 163 Å². The van der Waals surface area contributed by atoms with E-state index in [1.54, 1.807) is 30.0 Å². The number of ether oxygens (including phenoxy) is 1. The molecule has 1 heterocycles. The van der Waals surface area contributed by atoms with Crippen LogP contribution in [0.15, 0.2) is 36.4 Å². The Hall–Kier alpha value is -2.93. The highest BCUT2D eigenvalue weighted by atomic mass is 19.1. The maximum atomic E-state index is 13.5. The number of carbonyl (C=O) groups excluding carboxylic acids is 2. The predicted molar refractivity (Wildman–Crippen MR) is 105 cm³/mol. The zero-order valence-corrected chi connectivity index (χ0v) is 16.3. The van der Waals surface area contributed by atoms with Crippen LogP contribution < -0.4 is 10.1 Å². The summed E-state index contributed by atoms with van der Waals surface area (Å²) in [6.07, 6.45) is 0. The lowest BCUT2D eigenvalue weighted by molar-refractivity contribution is 0.0664. The number of methoxy groups -OCH3 is 1. The maximum Gasteiger partial charge on any atom is 0.255 e. The van der Waals surface area contributed by atoms with Gasteiger partial charge >= 0.3 is 0 Å². The van der Waals surface area contributed by atoms with Crippen LogP contribution in [-0.4, -0.2) is 62.0 Å². The number of halogens is 1. The molecule has 0 unspecified atom stereocenters. The Morgan fingerprint density at radius 2 is 1.71 bits per heavy atom.